The fraction of sp³-hybridized carbons (Fsp3) is 0.600. The summed E-state index contributed by atoms with van der Waals surface area (Å²) in [6, 6.07) is 5.94. The Hall–Kier alpha value is -0.440. The fourth-order valence-electron chi connectivity index (χ4n) is 2.26. The van der Waals surface area contributed by atoms with E-state index in [-0.39, 0.29) is 12.4 Å². The first-order valence-electron chi connectivity index (χ1n) is 6.65. The summed E-state index contributed by atoms with van der Waals surface area (Å²) in [7, 11) is 4.21. The van der Waals surface area contributed by atoms with E-state index in [1.807, 2.05) is 19.1 Å². The molecule has 1 rings (SSSR count). The molecule has 0 fully saturated rings. The molecule has 0 aliphatic carbocycles. The van der Waals surface area contributed by atoms with Gasteiger partial charge >= 0.3 is 0 Å². The number of nitrogens with zero attached hydrogens (tertiary/aromatic N) is 1. The lowest BCUT2D eigenvalue weighted by molar-refractivity contribution is 0.320. The highest BCUT2D eigenvalue weighted by atomic mass is 35.5. The van der Waals surface area contributed by atoms with Gasteiger partial charge in [0, 0.05) is 17.5 Å². The maximum atomic E-state index is 6.13. The third-order valence-corrected chi connectivity index (χ3v) is 3.17. The molecule has 0 spiro atoms. The van der Waals surface area contributed by atoms with E-state index in [0.29, 0.717) is 12.5 Å². The Labute approximate surface area is 128 Å². The molecule has 1 aromatic rings. The topological polar surface area (TPSA) is 12.5 Å². The van der Waals surface area contributed by atoms with Crippen molar-refractivity contribution in [2.24, 2.45) is 0 Å². The summed E-state index contributed by atoms with van der Waals surface area (Å²) < 4.78 is 5.72. The van der Waals surface area contributed by atoms with E-state index in [9.17, 15) is 0 Å². The van der Waals surface area contributed by atoms with Gasteiger partial charge in [-0.15, -0.1) is 12.4 Å². The van der Waals surface area contributed by atoms with Gasteiger partial charge in [-0.3, -0.25) is 0 Å². The highest BCUT2D eigenvalue weighted by Gasteiger charge is 2.17. The van der Waals surface area contributed by atoms with Crippen molar-refractivity contribution in [2.45, 2.75) is 32.6 Å². The van der Waals surface area contributed by atoms with E-state index in [1.165, 1.54) is 5.56 Å². The van der Waals surface area contributed by atoms with E-state index >= 15 is 0 Å². The number of ether oxygens (including phenoxy) is 1. The van der Waals surface area contributed by atoms with Crippen LogP contribution in [0.4, 0.5) is 0 Å². The zero-order chi connectivity index (χ0) is 13.5. The second-order valence-corrected chi connectivity index (χ2v) is 5.30. The Morgan fingerprint density at radius 2 is 1.95 bits per heavy atom. The van der Waals surface area contributed by atoms with Crippen LogP contribution < -0.4 is 4.74 Å². The molecule has 0 aliphatic rings. The summed E-state index contributed by atoms with van der Waals surface area (Å²) in [4.78, 5) is 2.22. The van der Waals surface area contributed by atoms with Crippen LogP contribution in [-0.2, 0) is 0 Å². The molecule has 19 heavy (non-hydrogen) atoms. The molecule has 110 valence electrons. The first-order chi connectivity index (χ1) is 8.58. The highest BCUT2D eigenvalue weighted by molar-refractivity contribution is 6.30. The summed E-state index contributed by atoms with van der Waals surface area (Å²) in [5.41, 5.74) is 1.24. The van der Waals surface area contributed by atoms with Crippen molar-refractivity contribution in [3.8, 4) is 5.75 Å². The van der Waals surface area contributed by atoms with Crippen molar-refractivity contribution in [1.82, 2.24) is 4.90 Å². The Morgan fingerprint density at radius 3 is 2.47 bits per heavy atom. The summed E-state index contributed by atoms with van der Waals surface area (Å²) in [6.45, 7) is 5.94. The number of likely N-dealkylation sites (N-methyl/N-ethyl adjacent to an activating group) is 1. The number of halogens is 2. The maximum Gasteiger partial charge on any atom is 0.122 e. The minimum Gasteiger partial charge on any atom is -0.494 e. The third-order valence-electron chi connectivity index (χ3n) is 2.93. The van der Waals surface area contributed by atoms with E-state index in [1.54, 1.807) is 0 Å². The van der Waals surface area contributed by atoms with Gasteiger partial charge in [-0.1, -0.05) is 24.9 Å². The van der Waals surface area contributed by atoms with E-state index in [2.05, 4.69) is 32.0 Å². The van der Waals surface area contributed by atoms with Gasteiger partial charge in [0.05, 0.1) is 6.61 Å². The molecule has 0 amide bonds. The van der Waals surface area contributed by atoms with Crippen LogP contribution in [0, 0.1) is 0 Å². The molecular weight excluding hydrogens is 281 g/mol. The van der Waals surface area contributed by atoms with Crippen molar-refractivity contribution in [3.05, 3.63) is 28.8 Å². The molecular formula is C15H25Cl2NO. The van der Waals surface area contributed by atoms with Crippen LogP contribution >= 0.6 is 24.0 Å². The maximum absolute atomic E-state index is 6.13. The van der Waals surface area contributed by atoms with Gasteiger partial charge in [-0.2, -0.15) is 0 Å². The molecule has 1 unspecified atom stereocenters. The Bertz CT molecular complexity index is 369. The van der Waals surface area contributed by atoms with Gasteiger partial charge in [0.1, 0.15) is 5.75 Å². The normalized spacial score (nSPS) is 12.1. The first-order valence-corrected chi connectivity index (χ1v) is 7.03. The summed E-state index contributed by atoms with van der Waals surface area (Å²) in [5.74, 6) is 1.45. The van der Waals surface area contributed by atoms with Crippen LogP contribution in [-0.4, -0.2) is 32.1 Å². The standard InChI is InChI=1S/C15H24ClNO.ClH/c1-5-7-12(11-17(3)4)14-10-13(16)8-9-15(14)18-6-2;/h8-10,12H,5-7,11H2,1-4H3;1H. The number of rotatable bonds is 7. The van der Waals surface area contributed by atoms with E-state index < -0.39 is 0 Å². The average molecular weight is 306 g/mol. The van der Waals surface area contributed by atoms with E-state index in [0.717, 1.165) is 30.2 Å². The fourth-order valence-corrected chi connectivity index (χ4v) is 2.44. The minimum atomic E-state index is 0. The number of hydrogen-bond donors (Lipinski definition) is 0. The second-order valence-electron chi connectivity index (χ2n) is 4.86. The van der Waals surface area contributed by atoms with Gasteiger partial charge in [0.25, 0.3) is 0 Å². The Balaban J connectivity index is 0.00000324. The number of benzene rings is 1. The van der Waals surface area contributed by atoms with Crippen molar-refractivity contribution in [3.63, 3.8) is 0 Å². The van der Waals surface area contributed by atoms with Crippen LogP contribution in [0.3, 0.4) is 0 Å². The zero-order valence-corrected chi connectivity index (χ0v) is 13.9. The smallest absolute Gasteiger partial charge is 0.122 e. The lowest BCUT2D eigenvalue weighted by Gasteiger charge is -2.23. The van der Waals surface area contributed by atoms with Crippen LogP contribution in [0.15, 0.2) is 18.2 Å². The van der Waals surface area contributed by atoms with Crippen LogP contribution in [0.25, 0.3) is 0 Å². The molecule has 0 heterocycles. The predicted molar refractivity (Wildman–Crippen MR) is 86.1 cm³/mol. The lowest BCUT2D eigenvalue weighted by atomic mass is 9.93. The SMILES string of the molecule is CCCC(CN(C)C)c1cc(Cl)ccc1OCC.Cl. The van der Waals surface area contributed by atoms with Crippen LogP contribution in [0.2, 0.25) is 5.02 Å². The van der Waals surface area contributed by atoms with Gasteiger partial charge in [-0.05, 0) is 51.2 Å². The monoisotopic (exact) mass is 305 g/mol. The quantitative estimate of drug-likeness (QED) is 0.729. The molecule has 4 heteroatoms. The van der Waals surface area contributed by atoms with Crippen molar-refractivity contribution >= 4 is 24.0 Å². The molecule has 2 nitrogen and oxygen atoms in total. The van der Waals surface area contributed by atoms with Crippen LogP contribution in [0.1, 0.15) is 38.2 Å². The molecule has 1 aromatic carbocycles. The van der Waals surface area contributed by atoms with Crippen LogP contribution in [0.5, 0.6) is 5.75 Å². The van der Waals surface area contributed by atoms with Crippen molar-refractivity contribution in [2.75, 3.05) is 27.2 Å². The van der Waals surface area contributed by atoms with Gasteiger partial charge in [0.2, 0.25) is 0 Å². The molecule has 0 saturated carbocycles. The Morgan fingerprint density at radius 1 is 1.26 bits per heavy atom. The van der Waals surface area contributed by atoms with Gasteiger partial charge in [0.15, 0.2) is 0 Å². The van der Waals surface area contributed by atoms with Gasteiger partial charge < -0.3 is 9.64 Å². The molecule has 0 saturated heterocycles. The lowest BCUT2D eigenvalue weighted by Crippen LogP contribution is -2.21. The molecule has 0 bridgehead atoms. The van der Waals surface area contributed by atoms with Crippen molar-refractivity contribution < 1.29 is 4.74 Å². The summed E-state index contributed by atoms with van der Waals surface area (Å²) >= 11 is 6.13. The average Bonchev–Trinajstić information content (AvgIpc) is 2.30. The summed E-state index contributed by atoms with van der Waals surface area (Å²) in [5, 5.41) is 0.785. The molecule has 0 aliphatic heterocycles. The molecule has 1 atom stereocenters. The van der Waals surface area contributed by atoms with Crippen molar-refractivity contribution in [1.29, 1.82) is 0 Å². The zero-order valence-electron chi connectivity index (χ0n) is 12.3. The number of hydrogen-bond acceptors (Lipinski definition) is 2. The van der Waals surface area contributed by atoms with E-state index in [4.69, 9.17) is 16.3 Å². The molecule has 0 radical (unpaired) electrons. The third kappa shape index (κ3) is 6.03. The second kappa shape index (κ2) is 9.46. The first kappa shape index (κ1) is 18.6. The Kier molecular flexibility index (Phi) is 9.24. The molecule has 0 N–H and O–H groups in total. The highest BCUT2D eigenvalue weighted by Crippen LogP contribution is 2.32. The largest absolute Gasteiger partial charge is 0.494 e. The predicted octanol–water partition coefficient (Wildman–Crippen LogP) is 4.61. The molecule has 0 aromatic heterocycles. The van der Waals surface area contributed by atoms with Gasteiger partial charge in [-0.25, -0.2) is 0 Å². The minimum absolute atomic E-state index is 0. The summed E-state index contributed by atoms with van der Waals surface area (Å²) in [6.07, 6.45) is 2.31.